The van der Waals surface area contributed by atoms with E-state index in [4.69, 9.17) is 16.7 Å². The first-order valence-corrected chi connectivity index (χ1v) is 8.55. The molecule has 1 atom stereocenters. The quantitative estimate of drug-likeness (QED) is 0.543. The lowest BCUT2D eigenvalue weighted by Crippen LogP contribution is -2.40. The predicted octanol–water partition coefficient (Wildman–Crippen LogP) is 2.23. The number of thiophene rings is 1. The van der Waals surface area contributed by atoms with Gasteiger partial charge in [-0.1, -0.05) is 31.4 Å². The fraction of sp³-hybridized carbons (Fsp3) is 0.500. The standard InChI is InChI=1S/C10H13ClN2O6S2/c1-2-3-4-6(10(14)15)12-21(18,19)8-5-7(13(16)17)9(11)20-8/h5-6,12H,2-4H2,1H3,(H,14,15)/t6-/m0/s1. The maximum Gasteiger partial charge on any atom is 0.321 e. The molecular weight excluding hydrogens is 344 g/mol. The highest BCUT2D eigenvalue weighted by molar-refractivity contribution is 7.91. The van der Waals surface area contributed by atoms with Crippen LogP contribution in [0.4, 0.5) is 5.69 Å². The topological polar surface area (TPSA) is 127 Å². The van der Waals surface area contributed by atoms with Crippen LogP contribution in [0.2, 0.25) is 4.34 Å². The fourth-order valence-corrected chi connectivity index (χ4v) is 4.39. The molecule has 0 unspecified atom stereocenters. The molecule has 1 heterocycles. The molecule has 0 aliphatic heterocycles. The van der Waals surface area contributed by atoms with Gasteiger partial charge in [0.25, 0.3) is 15.7 Å². The van der Waals surface area contributed by atoms with Crippen LogP contribution in [0.5, 0.6) is 0 Å². The zero-order chi connectivity index (χ0) is 16.2. The fourth-order valence-electron chi connectivity index (χ4n) is 1.48. The molecule has 0 aliphatic rings. The number of nitrogens with zero attached hydrogens (tertiary/aromatic N) is 1. The van der Waals surface area contributed by atoms with E-state index in [0.29, 0.717) is 24.2 Å². The predicted molar refractivity (Wildman–Crippen MR) is 77.3 cm³/mol. The number of hydrogen-bond donors (Lipinski definition) is 2. The van der Waals surface area contributed by atoms with Gasteiger partial charge in [-0.05, 0) is 6.42 Å². The molecule has 118 valence electrons. The Morgan fingerprint density at radius 2 is 2.24 bits per heavy atom. The number of aliphatic carboxylic acids is 1. The van der Waals surface area contributed by atoms with Gasteiger partial charge in [0.2, 0.25) is 0 Å². The molecular formula is C10H13ClN2O6S2. The number of carboxylic acid groups (broad SMARTS) is 1. The van der Waals surface area contributed by atoms with E-state index >= 15 is 0 Å². The Hall–Kier alpha value is -1.23. The Bertz CT molecular complexity index is 642. The van der Waals surface area contributed by atoms with Crippen molar-refractivity contribution < 1.29 is 23.2 Å². The summed E-state index contributed by atoms with van der Waals surface area (Å²) >= 11 is 6.10. The Labute approximate surface area is 129 Å². The number of halogens is 1. The molecule has 0 bridgehead atoms. The third-order valence-corrected chi connectivity index (χ3v) is 5.83. The summed E-state index contributed by atoms with van der Waals surface area (Å²) in [5, 5.41) is 19.7. The summed E-state index contributed by atoms with van der Waals surface area (Å²) in [4.78, 5) is 20.9. The van der Waals surface area contributed by atoms with Gasteiger partial charge in [0, 0.05) is 6.07 Å². The molecule has 0 spiro atoms. The first kappa shape index (κ1) is 17.8. The largest absolute Gasteiger partial charge is 0.480 e. The minimum Gasteiger partial charge on any atom is -0.480 e. The van der Waals surface area contributed by atoms with Crippen LogP contribution in [-0.2, 0) is 14.8 Å². The van der Waals surface area contributed by atoms with Gasteiger partial charge in [0.05, 0.1) is 4.92 Å². The van der Waals surface area contributed by atoms with Crippen LogP contribution in [0.1, 0.15) is 26.2 Å². The average Bonchev–Trinajstić information content (AvgIpc) is 2.77. The second-order valence-corrected chi connectivity index (χ2v) is 7.73. The number of hydrogen-bond acceptors (Lipinski definition) is 6. The number of nitrogens with one attached hydrogen (secondary N) is 1. The molecule has 8 nitrogen and oxygen atoms in total. The van der Waals surface area contributed by atoms with Crippen LogP contribution >= 0.6 is 22.9 Å². The van der Waals surface area contributed by atoms with E-state index in [1.54, 1.807) is 0 Å². The number of carboxylic acids is 1. The summed E-state index contributed by atoms with van der Waals surface area (Å²) in [6.45, 7) is 1.84. The van der Waals surface area contributed by atoms with Gasteiger partial charge in [-0.15, -0.1) is 11.3 Å². The van der Waals surface area contributed by atoms with Crippen molar-refractivity contribution in [3.63, 3.8) is 0 Å². The molecule has 0 aliphatic carbocycles. The molecule has 11 heteroatoms. The lowest BCUT2D eigenvalue weighted by atomic mass is 10.1. The van der Waals surface area contributed by atoms with Crippen LogP contribution in [0.3, 0.4) is 0 Å². The van der Waals surface area contributed by atoms with E-state index in [-0.39, 0.29) is 15.0 Å². The van der Waals surface area contributed by atoms with Crippen molar-refractivity contribution in [2.75, 3.05) is 0 Å². The summed E-state index contributed by atoms with van der Waals surface area (Å²) < 4.78 is 25.5. The highest BCUT2D eigenvalue weighted by atomic mass is 35.5. The third kappa shape index (κ3) is 4.63. The zero-order valence-corrected chi connectivity index (χ0v) is 13.3. The highest BCUT2D eigenvalue weighted by Gasteiger charge is 2.29. The Balaban J connectivity index is 3.02. The SMILES string of the molecule is CCCC[C@H](NS(=O)(=O)c1cc([N+](=O)[O-])c(Cl)s1)C(=O)O. The van der Waals surface area contributed by atoms with E-state index in [9.17, 15) is 23.3 Å². The van der Waals surface area contributed by atoms with E-state index in [1.165, 1.54) is 0 Å². The van der Waals surface area contributed by atoms with Crippen LogP contribution in [-0.4, -0.2) is 30.5 Å². The maximum absolute atomic E-state index is 12.1. The van der Waals surface area contributed by atoms with Crippen LogP contribution in [0.25, 0.3) is 0 Å². The summed E-state index contributed by atoms with van der Waals surface area (Å²) in [7, 11) is -4.17. The highest BCUT2D eigenvalue weighted by Crippen LogP contribution is 2.36. The molecule has 21 heavy (non-hydrogen) atoms. The summed E-state index contributed by atoms with van der Waals surface area (Å²) in [6.07, 6.45) is 1.37. The Kier molecular flexibility index (Phi) is 6.08. The molecule has 1 aromatic rings. The summed E-state index contributed by atoms with van der Waals surface area (Å²) in [6, 6.07) is -0.469. The van der Waals surface area contributed by atoms with Crippen molar-refractivity contribution in [2.24, 2.45) is 0 Å². The van der Waals surface area contributed by atoms with Gasteiger partial charge in [-0.3, -0.25) is 14.9 Å². The molecule has 0 radical (unpaired) electrons. The first-order chi connectivity index (χ1) is 9.69. The molecule has 1 rings (SSSR count). The number of nitro groups is 1. The molecule has 0 aromatic carbocycles. The Morgan fingerprint density at radius 1 is 1.62 bits per heavy atom. The molecule has 0 saturated heterocycles. The van der Waals surface area contributed by atoms with Gasteiger partial charge < -0.3 is 5.11 Å². The number of sulfonamides is 1. The molecule has 0 amide bonds. The Morgan fingerprint density at radius 3 is 2.67 bits per heavy atom. The van der Waals surface area contributed by atoms with E-state index in [2.05, 4.69) is 0 Å². The minimum absolute atomic E-state index is 0.131. The van der Waals surface area contributed by atoms with Gasteiger partial charge in [-0.25, -0.2) is 8.42 Å². The van der Waals surface area contributed by atoms with Gasteiger partial charge in [0.15, 0.2) is 4.34 Å². The van der Waals surface area contributed by atoms with Gasteiger partial charge in [0.1, 0.15) is 10.3 Å². The lowest BCUT2D eigenvalue weighted by molar-refractivity contribution is -0.384. The maximum atomic E-state index is 12.1. The van der Waals surface area contributed by atoms with Crippen molar-refractivity contribution in [3.8, 4) is 0 Å². The second kappa shape index (κ2) is 7.16. The van der Waals surface area contributed by atoms with Gasteiger partial charge >= 0.3 is 5.97 Å². The van der Waals surface area contributed by atoms with E-state index in [1.807, 2.05) is 11.6 Å². The van der Waals surface area contributed by atoms with Crippen molar-refractivity contribution >= 4 is 44.6 Å². The average molecular weight is 357 g/mol. The molecule has 0 saturated carbocycles. The number of unbranched alkanes of at least 4 members (excludes halogenated alkanes) is 1. The summed E-state index contributed by atoms with van der Waals surface area (Å²) in [5.74, 6) is -1.30. The minimum atomic E-state index is -4.17. The van der Waals surface area contributed by atoms with Crippen LogP contribution in [0.15, 0.2) is 10.3 Å². The van der Waals surface area contributed by atoms with Crippen molar-refractivity contribution in [1.29, 1.82) is 0 Å². The normalized spacial score (nSPS) is 13.0. The van der Waals surface area contributed by atoms with Crippen molar-refractivity contribution in [1.82, 2.24) is 4.72 Å². The number of carbonyl (C=O) groups is 1. The number of rotatable bonds is 8. The summed E-state index contributed by atoms with van der Waals surface area (Å²) in [5.41, 5.74) is -0.525. The third-order valence-electron chi connectivity index (χ3n) is 2.55. The molecule has 2 N–H and O–H groups in total. The van der Waals surface area contributed by atoms with Gasteiger partial charge in [-0.2, -0.15) is 4.72 Å². The molecule has 0 fully saturated rings. The van der Waals surface area contributed by atoms with Crippen molar-refractivity contribution in [2.45, 2.75) is 36.4 Å². The monoisotopic (exact) mass is 356 g/mol. The lowest BCUT2D eigenvalue weighted by Gasteiger charge is -2.13. The van der Waals surface area contributed by atoms with Crippen molar-refractivity contribution in [3.05, 3.63) is 20.5 Å². The molecule has 1 aromatic heterocycles. The first-order valence-electron chi connectivity index (χ1n) is 5.88. The van der Waals surface area contributed by atoms with E-state index in [0.717, 1.165) is 6.07 Å². The van der Waals surface area contributed by atoms with Crippen LogP contribution in [0, 0.1) is 10.1 Å². The smallest absolute Gasteiger partial charge is 0.321 e. The zero-order valence-electron chi connectivity index (χ0n) is 10.9. The van der Waals surface area contributed by atoms with E-state index < -0.39 is 32.6 Å². The second-order valence-electron chi connectivity index (χ2n) is 4.14. The van der Waals surface area contributed by atoms with Crippen LogP contribution < -0.4 is 4.72 Å².